The van der Waals surface area contributed by atoms with Crippen LogP contribution < -0.4 is 5.32 Å². The third-order valence-corrected chi connectivity index (χ3v) is 5.46. The normalized spacial score (nSPS) is 20.9. The molecule has 2 heterocycles. The van der Waals surface area contributed by atoms with E-state index >= 15 is 0 Å². The average molecular weight is 286 g/mol. The number of fused-ring (bicyclic) bond motifs is 1. The second-order valence-electron chi connectivity index (χ2n) is 5.40. The number of hydrogen-bond donors (Lipinski definition) is 1. The number of hydrogen-bond acceptors (Lipinski definition) is 3. The summed E-state index contributed by atoms with van der Waals surface area (Å²) < 4.78 is 0. The first-order chi connectivity index (χ1) is 9.88. The summed E-state index contributed by atoms with van der Waals surface area (Å²) in [6, 6.07) is 11.3. The Morgan fingerprint density at radius 3 is 3.10 bits per heavy atom. The zero-order valence-corrected chi connectivity index (χ0v) is 12.8. The van der Waals surface area contributed by atoms with Crippen molar-refractivity contribution >= 4 is 22.7 Å². The van der Waals surface area contributed by atoms with E-state index < -0.39 is 0 Å². The highest BCUT2D eigenvalue weighted by molar-refractivity contribution is 8.00. The van der Waals surface area contributed by atoms with Crippen LogP contribution in [0.1, 0.15) is 37.8 Å². The fraction of sp³-hybridized carbons (Fsp3) is 0.471. The molecule has 0 amide bonds. The molecular weight excluding hydrogens is 264 g/mol. The maximum absolute atomic E-state index is 4.49. The van der Waals surface area contributed by atoms with Crippen LogP contribution in [0.4, 0.5) is 0 Å². The van der Waals surface area contributed by atoms with Crippen molar-refractivity contribution in [3.63, 3.8) is 0 Å². The summed E-state index contributed by atoms with van der Waals surface area (Å²) in [5, 5.41) is 5.61. The largest absolute Gasteiger partial charge is 0.309 e. The fourth-order valence-electron chi connectivity index (χ4n) is 2.99. The number of thioether (sulfide) groups is 1. The van der Waals surface area contributed by atoms with Gasteiger partial charge in [0.2, 0.25) is 0 Å². The SMILES string of the molecule is CCNC(c1ccc2cccnc2c1)C1CCCCS1. The smallest absolute Gasteiger partial charge is 0.0705 e. The summed E-state index contributed by atoms with van der Waals surface area (Å²) >= 11 is 2.13. The Labute approximate surface area is 125 Å². The predicted molar refractivity (Wildman–Crippen MR) is 88.3 cm³/mol. The highest BCUT2D eigenvalue weighted by atomic mass is 32.2. The Hall–Kier alpha value is -1.06. The van der Waals surface area contributed by atoms with E-state index in [1.165, 1.54) is 36.0 Å². The van der Waals surface area contributed by atoms with Crippen molar-refractivity contribution in [3.8, 4) is 0 Å². The lowest BCUT2D eigenvalue weighted by atomic mass is 9.98. The monoisotopic (exact) mass is 286 g/mol. The van der Waals surface area contributed by atoms with Gasteiger partial charge in [0.1, 0.15) is 0 Å². The summed E-state index contributed by atoms with van der Waals surface area (Å²) in [7, 11) is 0. The van der Waals surface area contributed by atoms with Crippen molar-refractivity contribution in [2.75, 3.05) is 12.3 Å². The molecule has 0 spiro atoms. The van der Waals surface area contributed by atoms with Gasteiger partial charge in [-0.2, -0.15) is 11.8 Å². The highest BCUT2D eigenvalue weighted by Crippen LogP contribution is 2.35. The Bertz CT molecular complexity index is 564. The van der Waals surface area contributed by atoms with Gasteiger partial charge in [-0.1, -0.05) is 31.5 Å². The van der Waals surface area contributed by atoms with Crippen molar-refractivity contribution in [2.45, 2.75) is 37.5 Å². The van der Waals surface area contributed by atoms with E-state index in [0.717, 1.165) is 12.1 Å². The molecule has 2 nitrogen and oxygen atoms in total. The highest BCUT2D eigenvalue weighted by Gasteiger charge is 2.25. The first-order valence-electron chi connectivity index (χ1n) is 7.58. The van der Waals surface area contributed by atoms with E-state index in [-0.39, 0.29) is 0 Å². The molecule has 3 rings (SSSR count). The maximum atomic E-state index is 4.49. The van der Waals surface area contributed by atoms with Crippen LogP contribution in [-0.4, -0.2) is 22.5 Å². The third kappa shape index (κ3) is 2.99. The minimum Gasteiger partial charge on any atom is -0.309 e. The van der Waals surface area contributed by atoms with Crippen molar-refractivity contribution in [3.05, 3.63) is 42.1 Å². The summed E-state index contributed by atoms with van der Waals surface area (Å²) in [6.07, 6.45) is 5.94. The molecule has 1 aromatic carbocycles. The molecule has 0 radical (unpaired) electrons. The molecule has 1 aromatic heterocycles. The molecule has 0 saturated carbocycles. The molecule has 0 aliphatic carbocycles. The lowest BCUT2D eigenvalue weighted by Gasteiger charge is -2.31. The average Bonchev–Trinajstić information content (AvgIpc) is 2.53. The van der Waals surface area contributed by atoms with Crippen molar-refractivity contribution in [2.24, 2.45) is 0 Å². The molecule has 1 aliphatic rings. The van der Waals surface area contributed by atoms with Crippen LogP contribution in [0.25, 0.3) is 10.9 Å². The van der Waals surface area contributed by atoms with Crippen LogP contribution in [0.15, 0.2) is 36.5 Å². The number of benzene rings is 1. The summed E-state index contributed by atoms with van der Waals surface area (Å²) in [6.45, 7) is 3.21. The Morgan fingerprint density at radius 2 is 2.30 bits per heavy atom. The van der Waals surface area contributed by atoms with Gasteiger partial charge in [0, 0.05) is 22.9 Å². The van der Waals surface area contributed by atoms with Gasteiger partial charge in [-0.05, 0) is 42.8 Å². The number of rotatable bonds is 4. The van der Waals surface area contributed by atoms with Gasteiger partial charge in [-0.25, -0.2) is 0 Å². The third-order valence-electron chi connectivity index (χ3n) is 4.00. The topological polar surface area (TPSA) is 24.9 Å². The molecule has 106 valence electrons. The molecule has 1 fully saturated rings. The van der Waals surface area contributed by atoms with Gasteiger partial charge in [0.05, 0.1) is 5.52 Å². The first-order valence-corrected chi connectivity index (χ1v) is 8.63. The number of nitrogens with one attached hydrogen (secondary N) is 1. The summed E-state index contributed by atoms with van der Waals surface area (Å²) in [5.74, 6) is 1.30. The zero-order valence-electron chi connectivity index (χ0n) is 12.0. The lowest BCUT2D eigenvalue weighted by Crippen LogP contribution is -2.31. The second kappa shape index (κ2) is 6.59. The lowest BCUT2D eigenvalue weighted by molar-refractivity contribution is 0.492. The maximum Gasteiger partial charge on any atom is 0.0705 e. The molecule has 1 aliphatic heterocycles. The van der Waals surface area contributed by atoms with E-state index in [2.05, 4.69) is 53.3 Å². The molecule has 1 saturated heterocycles. The van der Waals surface area contributed by atoms with Gasteiger partial charge in [0.15, 0.2) is 0 Å². The second-order valence-corrected chi connectivity index (χ2v) is 6.74. The van der Waals surface area contributed by atoms with Crippen LogP contribution in [0.2, 0.25) is 0 Å². The number of pyridine rings is 1. The van der Waals surface area contributed by atoms with E-state index in [1.807, 2.05) is 12.3 Å². The number of nitrogens with zero attached hydrogens (tertiary/aromatic N) is 1. The summed E-state index contributed by atoms with van der Waals surface area (Å²) in [5.41, 5.74) is 2.49. The van der Waals surface area contributed by atoms with Crippen LogP contribution in [0.5, 0.6) is 0 Å². The molecule has 2 aromatic rings. The predicted octanol–water partition coefficient (Wildman–Crippen LogP) is 4.17. The molecule has 20 heavy (non-hydrogen) atoms. The standard InChI is InChI=1S/C17H22N2S/c1-2-18-17(16-7-3-4-11-20-16)14-9-8-13-6-5-10-19-15(13)12-14/h5-6,8-10,12,16-18H,2-4,7,11H2,1H3. The summed E-state index contributed by atoms with van der Waals surface area (Å²) in [4.78, 5) is 4.49. The number of aromatic nitrogens is 1. The van der Waals surface area contributed by atoms with Crippen LogP contribution in [-0.2, 0) is 0 Å². The van der Waals surface area contributed by atoms with Gasteiger partial charge < -0.3 is 5.32 Å². The van der Waals surface area contributed by atoms with Crippen molar-refractivity contribution < 1.29 is 0 Å². The Morgan fingerprint density at radius 1 is 1.35 bits per heavy atom. The van der Waals surface area contributed by atoms with Crippen LogP contribution >= 0.6 is 11.8 Å². The van der Waals surface area contributed by atoms with E-state index in [0.29, 0.717) is 11.3 Å². The zero-order chi connectivity index (χ0) is 13.8. The van der Waals surface area contributed by atoms with Crippen LogP contribution in [0.3, 0.4) is 0 Å². The van der Waals surface area contributed by atoms with E-state index in [9.17, 15) is 0 Å². The fourth-order valence-corrected chi connectivity index (χ4v) is 4.44. The van der Waals surface area contributed by atoms with Crippen molar-refractivity contribution in [1.29, 1.82) is 0 Å². The van der Waals surface area contributed by atoms with E-state index in [1.54, 1.807) is 0 Å². The van der Waals surface area contributed by atoms with Gasteiger partial charge >= 0.3 is 0 Å². The van der Waals surface area contributed by atoms with Gasteiger partial charge in [-0.15, -0.1) is 0 Å². The van der Waals surface area contributed by atoms with Gasteiger partial charge in [0.25, 0.3) is 0 Å². The Kier molecular flexibility index (Phi) is 4.58. The first kappa shape index (κ1) is 13.9. The molecular formula is C17H22N2S. The minimum absolute atomic E-state index is 0.455. The molecule has 1 N–H and O–H groups in total. The van der Waals surface area contributed by atoms with Crippen molar-refractivity contribution in [1.82, 2.24) is 10.3 Å². The van der Waals surface area contributed by atoms with Gasteiger partial charge in [-0.3, -0.25) is 4.98 Å². The molecule has 2 atom stereocenters. The molecule has 3 heteroatoms. The minimum atomic E-state index is 0.455. The van der Waals surface area contributed by atoms with Crippen LogP contribution in [0, 0.1) is 0 Å². The Balaban J connectivity index is 1.91. The van der Waals surface area contributed by atoms with E-state index in [4.69, 9.17) is 0 Å². The molecule has 2 unspecified atom stereocenters. The quantitative estimate of drug-likeness (QED) is 0.913. The molecule has 0 bridgehead atoms.